The van der Waals surface area contributed by atoms with Gasteiger partial charge in [0.15, 0.2) is 11.5 Å². The molecule has 0 radical (unpaired) electrons. The van der Waals surface area contributed by atoms with Gasteiger partial charge < -0.3 is 20.0 Å². The lowest BCUT2D eigenvalue weighted by Gasteiger charge is -2.29. The number of methoxy groups -OCH3 is 1. The van der Waals surface area contributed by atoms with Crippen LogP contribution in [0.15, 0.2) is 40.0 Å². The predicted octanol–water partition coefficient (Wildman–Crippen LogP) is 2.79. The molecule has 0 atom stereocenters. The number of ether oxygens (including phenoxy) is 1. The number of aromatic hydroxyl groups is 1. The number of nitrogen functional groups attached to an aromatic ring is 1. The van der Waals surface area contributed by atoms with Gasteiger partial charge in [0.1, 0.15) is 35.1 Å². The summed E-state index contributed by atoms with van der Waals surface area (Å²) in [6, 6.07) is 4.49. The van der Waals surface area contributed by atoms with Crippen LogP contribution >= 0.6 is 0 Å². The minimum Gasteiger partial charge on any atom is -0.508 e. The fourth-order valence-electron chi connectivity index (χ4n) is 4.49. The molecule has 0 unspecified atom stereocenters. The van der Waals surface area contributed by atoms with Crippen molar-refractivity contribution in [3.05, 3.63) is 41.1 Å². The number of hydrogen-bond donors (Lipinski definition) is 2. The van der Waals surface area contributed by atoms with Crippen molar-refractivity contribution >= 4 is 33.9 Å². The molecule has 0 amide bonds. The van der Waals surface area contributed by atoms with Gasteiger partial charge in [0.25, 0.3) is 5.56 Å². The van der Waals surface area contributed by atoms with Crippen LogP contribution in [0, 0.1) is 5.92 Å². The number of phenolic OH excluding ortho intramolecular Hbond substituents is 1. The lowest BCUT2D eigenvalue weighted by molar-refractivity contribution is -0.146. The number of esters is 1. The van der Waals surface area contributed by atoms with Gasteiger partial charge in [-0.15, -0.1) is 0 Å². The van der Waals surface area contributed by atoms with E-state index < -0.39 is 0 Å². The maximum absolute atomic E-state index is 13.7. The molecule has 0 saturated heterocycles. The smallest absolute Gasteiger partial charge is 0.308 e. The van der Waals surface area contributed by atoms with E-state index in [0.29, 0.717) is 53.4 Å². The van der Waals surface area contributed by atoms with Crippen molar-refractivity contribution in [1.82, 2.24) is 19.5 Å². The summed E-state index contributed by atoms with van der Waals surface area (Å²) in [6.07, 6.45) is 5.20. The Bertz CT molecular complexity index is 1400. The van der Waals surface area contributed by atoms with E-state index >= 15 is 0 Å². The average molecular weight is 435 g/mol. The first-order valence-electron chi connectivity index (χ1n) is 10.3. The van der Waals surface area contributed by atoms with Crippen LogP contribution in [0.25, 0.3) is 33.4 Å². The molecule has 3 N–H and O–H groups in total. The van der Waals surface area contributed by atoms with Crippen molar-refractivity contribution < 1.29 is 19.1 Å². The number of nitrogens with two attached hydrogens (primary N) is 1. The minimum atomic E-state index is -0.326. The summed E-state index contributed by atoms with van der Waals surface area (Å²) in [5.41, 5.74) is 7.54. The maximum atomic E-state index is 13.7. The summed E-state index contributed by atoms with van der Waals surface area (Å²) in [6.45, 7) is 0. The number of anilines is 1. The first-order chi connectivity index (χ1) is 15.5. The van der Waals surface area contributed by atoms with E-state index in [1.54, 1.807) is 10.6 Å². The van der Waals surface area contributed by atoms with Crippen LogP contribution in [0.4, 0.5) is 5.82 Å². The van der Waals surface area contributed by atoms with Crippen molar-refractivity contribution in [3.63, 3.8) is 0 Å². The molecule has 3 heterocycles. The molecule has 5 rings (SSSR count). The maximum Gasteiger partial charge on any atom is 0.308 e. The summed E-state index contributed by atoms with van der Waals surface area (Å²) < 4.78 is 12.0. The zero-order valence-electron chi connectivity index (χ0n) is 17.3. The second kappa shape index (κ2) is 7.63. The normalized spacial score (nSPS) is 18.8. The SMILES string of the molecule is COC(=O)C1CCC(n2c(=O)c(-c3coc4cc(O)ccc34)nc3c(N)ncnc32)CC1. The molecule has 10 nitrogen and oxygen atoms in total. The van der Waals surface area contributed by atoms with E-state index in [2.05, 4.69) is 15.0 Å². The first kappa shape index (κ1) is 20.0. The van der Waals surface area contributed by atoms with Crippen LogP contribution in [0.2, 0.25) is 0 Å². The Labute approximate surface area is 181 Å². The number of phenols is 1. The third-order valence-corrected chi connectivity index (χ3v) is 6.12. The van der Waals surface area contributed by atoms with Crippen LogP contribution < -0.4 is 11.3 Å². The lowest BCUT2D eigenvalue weighted by atomic mass is 9.86. The standard InChI is InChI=1S/C22H21N5O5/c1-31-22(30)11-2-4-12(5-3-11)27-20-18(19(23)24-10-25-20)26-17(21(27)29)15-9-32-16-8-13(28)6-7-14(15)16/h6-12,28H,2-5H2,1H3,(H2,23,24,25). The number of benzene rings is 1. The highest BCUT2D eigenvalue weighted by atomic mass is 16.5. The van der Waals surface area contributed by atoms with Crippen molar-refractivity contribution in [2.45, 2.75) is 31.7 Å². The largest absolute Gasteiger partial charge is 0.508 e. The second-order valence-electron chi connectivity index (χ2n) is 7.93. The van der Waals surface area contributed by atoms with Crippen molar-refractivity contribution in [3.8, 4) is 17.0 Å². The van der Waals surface area contributed by atoms with Gasteiger partial charge in [-0.3, -0.25) is 14.2 Å². The fraction of sp³-hybridized carbons (Fsp3) is 0.318. The molecular weight excluding hydrogens is 414 g/mol. The molecule has 0 spiro atoms. The Balaban J connectivity index is 1.68. The van der Waals surface area contributed by atoms with Crippen LogP contribution in [-0.2, 0) is 9.53 Å². The Morgan fingerprint density at radius 3 is 2.78 bits per heavy atom. The van der Waals surface area contributed by atoms with E-state index in [1.165, 1.54) is 31.8 Å². The summed E-state index contributed by atoms with van der Waals surface area (Å²) >= 11 is 0. The van der Waals surface area contributed by atoms with E-state index in [-0.39, 0.29) is 40.7 Å². The van der Waals surface area contributed by atoms with Gasteiger partial charge in [-0.05, 0) is 37.8 Å². The van der Waals surface area contributed by atoms with Crippen molar-refractivity contribution in [2.24, 2.45) is 5.92 Å². The molecule has 1 aromatic carbocycles. The first-order valence-corrected chi connectivity index (χ1v) is 10.3. The highest BCUT2D eigenvalue weighted by Gasteiger charge is 2.30. The monoisotopic (exact) mass is 435 g/mol. The Morgan fingerprint density at radius 1 is 1.25 bits per heavy atom. The van der Waals surface area contributed by atoms with Crippen LogP contribution in [0.1, 0.15) is 31.7 Å². The summed E-state index contributed by atoms with van der Waals surface area (Å²) in [5, 5.41) is 10.4. The number of aromatic nitrogens is 4. The molecular formula is C22H21N5O5. The Kier molecular flexibility index (Phi) is 4.76. The number of carbonyl (C=O) groups excluding carboxylic acids is 1. The van der Waals surface area contributed by atoms with Gasteiger partial charge in [-0.25, -0.2) is 15.0 Å². The fourth-order valence-corrected chi connectivity index (χ4v) is 4.49. The number of hydrogen-bond acceptors (Lipinski definition) is 9. The lowest BCUT2D eigenvalue weighted by Crippen LogP contribution is -2.32. The second-order valence-corrected chi connectivity index (χ2v) is 7.93. The van der Waals surface area contributed by atoms with Gasteiger partial charge in [-0.1, -0.05) is 0 Å². The van der Waals surface area contributed by atoms with E-state index in [4.69, 9.17) is 14.9 Å². The van der Waals surface area contributed by atoms with Gasteiger partial charge in [0, 0.05) is 17.5 Å². The third kappa shape index (κ3) is 3.15. The van der Waals surface area contributed by atoms with E-state index in [9.17, 15) is 14.7 Å². The molecule has 164 valence electrons. The average Bonchev–Trinajstić information content (AvgIpc) is 3.21. The molecule has 10 heteroatoms. The molecule has 4 aromatic rings. The number of carbonyl (C=O) groups is 1. The molecule has 1 aliphatic carbocycles. The van der Waals surface area contributed by atoms with Crippen LogP contribution in [-0.4, -0.2) is 37.7 Å². The summed E-state index contributed by atoms with van der Waals surface area (Å²) in [7, 11) is 1.39. The minimum absolute atomic E-state index is 0.0577. The van der Waals surface area contributed by atoms with Gasteiger partial charge in [0.05, 0.1) is 18.6 Å². The molecule has 0 aliphatic heterocycles. The molecule has 3 aromatic heterocycles. The molecule has 0 bridgehead atoms. The number of nitrogens with zero attached hydrogens (tertiary/aromatic N) is 4. The summed E-state index contributed by atoms with van der Waals surface area (Å²) in [4.78, 5) is 38.5. The zero-order valence-corrected chi connectivity index (χ0v) is 17.3. The van der Waals surface area contributed by atoms with Gasteiger partial charge in [-0.2, -0.15) is 0 Å². The van der Waals surface area contributed by atoms with E-state index in [1.807, 2.05) is 0 Å². The molecule has 1 saturated carbocycles. The Hall–Kier alpha value is -3.95. The molecule has 1 fully saturated rings. The van der Waals surface area contributed by atoms with Gasteiger partial charge >= 0.3 is 5.97 Å². The summed E-state index contributed by atoms with van der Waals surface area (Å²) in [5.74, 6) is -0.179. The van der Waals surface area contributed by atoms with Crippen LogP contribution in [0.3, 0.4) is 0 Å². The van der Waals surface area contributed by atoms with Crippen molar-refractivity contribution in [2.75, 3.05) is 12.8 Å². The van der Waals surface area contributed by atoms with E-state index in [0.717, 1.165) is 0 Å². The zero-order chi connectivity index (χ0) is 22.4. The predicted molar refractivity (Wildman–Crippen MR) is 116 cm³/mol. The topological polar surface area (TPSA) is 146 Å². The highest BCUT2D eigenvalue weighted by Crippen LogP contribution is 2.35. The highest BCUT2D eigenvalue weighted by molar-refractivity contribution is 5.95. The van der Waals surface area contributed by atoms with Gasteiger partial charge in [0.2, 0.25) is 0 Å². The molecule has 32 heavy (non-hydrogen) atoms. The number of rotatable bonds is 3. The molecule has 1 aliphatic rings. The van der Waals surface area contributed by atoms with Crippen LogP contribution in [0.5, 0.6) is 5.75 Å². The third-order valence-electron chi connectivity index (χ3n) is 6.12. The van der Waals surface area contributed by atoms with Crippen molar-refractivity contribution in [1.29, 1.82) is 0 Å². The number of furan rings is 1. The quantitative estimate of drug-likeness (QED) is 0.464. The number of fused-ring (bicyclic) bond motifs is 2. The Morgan fingerprint density at radius 2 is 2.03 bits per heavy atom.